The number of ether oxygens (including phenoxy) is 1. The van der Waals surface area contributed by atoms with Gasteiger partial charge in [0.05, 0.1) is 6.04 Å². The van der Waals surface area contributed by atoms with Crippen molar-refractivity contribution in [2.45, 2.75) is 19.4 Å². The highest BCUT2D eigenvalue weighted by Crippen LogP contribution is 2.07. The molecular weight excluding hydrogens is 190 g/mol. The minimum absolute atomic E-state index is 0.0178. The minimum Gasteiger partial charge on any atom is -0.385 e. The molecule has 1 aromatic rings. The van der Waals surface area contributed by atoms with Crippen LogP contribution in [0.25, 0.3) is 0 Å². The van der Waals surface area contributed by atoms with Crippen molar-refractivity contribution in [3.05, 3.63) is 35.4 Å². The second-order valence-electron chi connectivity index (χ2n) is 3.62. The van der Waals surface area contributed by atoms with Gasteiger partial charge >= 0.3 is 0 Å². The number of rotatable bonds is 5. The molecule has 1 unspecified atom stereocenters. The summed E-state index contributed by atoms with van der Waals surface area (Å²) in [6.45, 7) is 2.47. The normalized spacial score (nSPS) is 12.5. The Morgan fingerprint density at radius 1 is 1.53 bits per heavy atom. The number of hydrogen-bond acceptors (Lipinski definition) is 3. The third kappa shape index (κ3) is 3.46. The second-order valence-corrected chi connectivity index (χ2v) is 3.62. The van der Waals surface area contributed by atoms with E-state index in [9.17, 15) is 4.79 Å². The molecule has 0 radical (unpaired) electrons. The van der Waals surface area contributed by atoms with Gasteiger partial charge in [-0.3, -0.25) is 4.79 Å². The van der Waals surface area contributed by atoms with Gasteiger partial charge in [-0.1, -0.05) is 23.8 Å². The van der Waals surface area contributed by atoms with E-state index in [1.807, 2.05) is 25.1 Å². The molecule has 0 amide bonds. The Kier molecular flexibility index (Phi) is 4.46. The van der Waals surface area contributed by atoms with E-state index in [1.165, 1.54) is 0 Å². The van der Waals surface area contributed by atoms with Crippen LogP contribution < -0.4 is 5.73 Å². The molecule has 0 fully saturated rings. The van der Waals surface area contributed by atoms with Gasteiger partial charge in [0.2, 0.25) is 0 Å². The molecule has 0 aromatic heterocycles. The van der Waals surface area contributed by atoms with Gasteiger partial charge in [-0.15, -0.1) is 0 Å². The standard InChI is InChI=1S/C12H17NO2/c1-9-4-3-5-10(8-9)12(14)11(13)6-7-15-2/h3-5,8,11H,6-7,13H2,1-2H3. The van der Waals surface area contributed by atoms with Crippen LogP contribution in [0.3, 0.4) is 0 Å². The monoisotopic (exact) mass is 207 g/mol. The lowest BCUT2D eigenvalue weighted by Gasteiger charge is -2.10. The third-order valence-corrected chi connectivity index (χ3v) is 2.27. The van der Waals surface area contributed by atoms with E-state index in [2.05, 4.69) is 0 Å². The largest absolute Gasteiger partial charge is 0.385 e. The first-order valence-corrected chi connectivity index (χ1v) is 5.00. The molecule has 0 spiro atoms. The molecule has 0 aliphatic carbocycles. The number of carbonyl (C=O) groups excluding carboxylic acids is 1. The minimum atomic E-state index is -0.466. The number of benzene rings is 1. The van der Waals surface area contributed by atoms with Crippen molar-refractivity contribution >= 4 is 5.78 Å². The summed E-state index contributed by atoms with van der Waals surface area (Å²) in [5, 5.41) is 0. The smallest absolute Gasteiger partial charge is 0.179 e. The molecule has 82 valence electrons. The molecule has 3 heteroatoms. The summed E-state index contributed by atoms with van der Waals surface area (Å²) in [4.78, 5) is 11.8. The highest BCUT2D eigenvalue weighted by Gasteiger charge is 2.14. The van der Waals surface area contributed by atoms with E-state index in [0.29, 0.717) is 18.6 Å². The Bertz CT molecular complexity index is 336. The molecule has 0 aliphatic heterocycles. The fraction of sp³-hybridized carbons (Fsp3) is 0.417. The van der Waals surface area contributed by atoms with Crippen molar-refractivity contribution in [2.24, 2.45) is 5.73 Å². The van der Waals surface area contributed by atoms with E-state index in [1.54, 1.807) is 13.2 Å². The van der Waals surface area contributed by atoms with E-state index in [-0.39, 0.29) is 5.78 Å². The topological polar surface area (TPSA) is 52.3 Å². The molecule has 2 N–H and O–H groups in total. The van der Waals surface area contributed by atoms with Crippen molar-refractivity contribution < 1.29 is 9.53 Å². The molecule has 0 aliphatic rings. The SMILES string of the molecule is COCCC(N)C(=O)c1cccc(C)c1. The molecule has 3 nitrogen and oxygen atoms in total. The zero-order valence-electron chi connectivity index (χ0n) is 9.19. The van der Waals surface area contributed by atoms with E-state index >= 15 is 0 Å². The van der Waals surface area contributed by atoms with Gasteiger partial charge in [0, 0.05) is 19.3 Å². The number of nitrogens with two attached hydrogens (primary N) is 1. The van der Waals surface area contributed by atoms with Crippen molar-refractivity contribution in [1.82, 2.24) is 0 Å². The molecule has 1 atom stereocenters. The zero-order chi connectivity index (χ0) is 11.3. The zero-order valence-corrected chi connectivity index (χ0v) is 9.19. The average molecular weight is 207 g/mol. The summed E-state index contributed by atoms with van der Waals surface area (Å²) in [6, 6.07) is 7.01. The van der Waals surface area contributed by atoms with Crippen LogP contribution in [0.2, 0.25) is 0 Å². The van der Waals surface area contributed by atoms with Gasteiger partial charge in [0.15, 0.2) is 5.78 Å². The number of carbonyl (C=O) groups is 1. The van der Waals surface area contributed by atoms with E-state index in [4.69, 9.17) is 10.5 Å². The van der Waals surface area contributed by atoms with Gasteiger partial charge in [-0.25, -0.2) is 0 Å². The lowest BCUT2D eigenvalue weighted by atomic mass is 10.0. The predicted octanol–water partition coefficient (Wildman–Crippen LogP) is 1.54. The fourth-order valence-corrected chi connectivity index (χ4v) is 1.39. The summed E-state index contributed by atoms with van der Waals surface area (Å²) in [7, 11) is 1.60. The molecule has 1 aromatic carbocycles. The molecule has 0 heterocycles. The van der Waals surface area contributed by atoms with Gasteiger partial charge in [0.1, 0.15) is 0 Å². The predicted molar refractivity (Wildman–Crippen MR) is 60.0 cm³/mol. The highest BCUT2D eigenvalue weighted by atomic mass is 16.5. The Balaban J connectivity index is 2.67. The van der Waals surface area contributed by atoms with Gasteiger partial charge in [0.25, 0.3) is 0 Å². The number of aryl methyl sites for hydroxylation is 1. The first-order valence-electron chi connectivity index (χ1n) is 5.00. The summed E-state index contributed by atoms with van der Waals surface area (Å²) >= 11 is 0. The maximum Gasteiger partial charge on any atom is 0.179 e. The van der Waals surface area contributed by atoms with E-state index < -0.39 is 6.04 Å². The second kappa shape index (κ2) is 5.63. The molecule has 0 bridgehead atoms. The van der Waals surface area contributed by atoms with Crippen LogP contribution in [0, 0.1) is 6.92 Å². The third-order valence-electron chi connectivity index (χ3n) is 2.27. The quantitative estimate of drug-likeness (QED) is 0.745. The lowest BCUT2D eigenvalue weighted by Crippen LogP contribution is -2.31. The average Bonchev–Trinajstić information content (AvgIpc) is 2.24. The maximum absolute atomic E-state index is 11.8. The summed E-state index contributed by atoms with van der Waals surface area (Å²) in [5.41, 5.74) is 7.50. The first kappa shape index (κ1) is 11.9. The molecule has 15 heavy (non-hydrogen) atoms. The molecule has 1 rings (SSSR count). The van der Waals surface area contributed by atoms with Crippen LogP contribution in [0.4, 0.5) is 0 Å². The van der Waals surface area contributed by atoms with Crippen LogP contribution >= 0.6 is 0 Å². The van der Waals surface area contributed by atoms with Crippen molar-refractivity contribution in [2.75, 3.05) is 13.7 Å². The maximum atomic E-state index is 11.8. The Morgan fingerprint density at radius 2 is 2.27 bits per heavy atom. The van der Waals surface area contributed by atoms with Crippen LogP contribution in [0.5, 0.6) is 0 Å². The van der Waals surface area contributed by atoms with Gasteiger partial charge in [-0.2, -0.15) is 0 Å². The van der Waals surface area contributed by atoms with Gasteiger partial charge < -0.3 is 10.5 Å². The summed E-state index contributed by atoms with van der Waals surface area (Å²) in [6.07, 6.45) is 0.559. The van der Waals surface area contributed by atoms with E-state index in [0.717, 1.165) is 5.56 Å². The summed E-state index contributed by atoms with van der Waals surface area (Å²) < 4.78 is 4.89. The molecular formula is C12H17NO2. The fourth-order valence-electron chi connectivity index (χ4n) is 1.39. The number of hydrogen-bond donors (Lipinski definition) is 1. The highest BCUT2D eigenvalue weighted by molar-refractivity contribution is 6.00. The number of ketones is 1. The number of Topliss-reactive ketones (excluding diaryl/α,β-unsaturated/α-hetero) is 1. The first-order chi connectivity index (χ1) is 7.15. The van der Waals surface area contributed by atoms with Crippen molar-refractivity contribution in [3.63, 3.8) is 0 Å². The van der Waals surface area contributed by atoms with Crippen LogP contribution in [0.15, 0.2) is 24.3 Å². The molecule has 0 saturated carbocycles. The van der Waals surface area contributed by atoms with Crippen molar-refractivity contribution in [3.8, 4) is 0 Å². The van der Waals surface area contributed by atoms with Crippen LogP contribution in [-0.4, -0.2) is 25.5 Å². The Morgan fingerprint density at radius 3 is 2.87 bits per heavy atom. The van der Waals surface area contributed by atoms with Crippen LogP contribution in [-0.2, 0) is 4.74 Å². The molecule has 0 saturated heterocycles. The van der Waals surface area contributed by atoms with Gasteiger partial charge in [-0.05, 0) is 19.4 Å². The lowest BCUT2D eigenvalue weighted by molar-refractivity contribution is 0.0935. The Labute approximate surface area is 90.2 Å². The van der Waals surface area contributed by atoms with Crippen molar-refractivity contribution in [1.29, 1.82) is 0 Å². The number of methoxy groups -OCH3 is 1. The Hall–Kier alpha value is -1.19. The summed E-state index contributed by atoms with van der Waals surface area (Å²) in [5.74, 6) is -0.0178. The van der Waals surface area contributed by atoms with Crippen LogP contribution in [0.1, 0.15) is 22.3 Å².